The fraction of sp³-hybridized carbons (Fsp3) is 0.346. The molecule has 2 aromatic carbocycles. The molecule has 9 heteroatoms. The minimum atomic E-state index is -0.368. The maximum absolute atomic E-state index is 11.9. The number of rotatable bonds is 4. The van der Waals surface area contributed by atoms with Crippen molar-refractivity contribution in [3.8, 4) is 5.69 Å². The molecule has 1 atom stereocenters. The molecule has 0 spiro atoms. The fourth-order valence-corrected chi connectivity index (χ4v) is 5.25. The molecule has 2 aliphatic rings. The van der Waals surface area contributed by atoms with Crippen LogP contribution in [0.3, 0.4) is 0 Å². The molecule has 35 heavy (non-hydrogen) atoms. The minimum absolute atomic E-state index is 0.187. The molecule has 2 aromatic heterocycles. The Balaban J connectivity index is 1.21. The van der Waals surface area contributed by atoms with E-state index in [9.17, 15) is 9.59 Å². The van der Waals surface area contributed by atoms with Crippen molar-refractivity contribution in [3.05, 3.63) is 80.6 Å². The van der Waals surface area contributed by atoms with Crippen LogP contribution in [0.1, 0.15) is 44.2 Å². The van der Waals surface area contributed by atoms with E-state index in [1.807, 2.05) is 42.2 Å². The summed E-state index contributed by atoms with van der Waals surface area (Å²) in [6, 6.07) is 8.05. The van der Waals surface area contributed by atoms with Crippen LogP contribution < -0.4 is 11.1 Å². The number of piperazine rings is 1. The van der Waals surface area contributed by atoms with Gasteiger partial charge in [0, 0.05) is 56.6 Å². The molecule has 9 nitrogen and oxygen atoms in total. The number of hydrogen-bond donors (Lipinski definition) is 1. The molecule has 0 aliphatic carbocycles. The van der Waals surface area contributed by atoms with Gasteiger partial charge in [-0.25, -0.2) is 14.3 Å². The molecule has 1 fully saturated rings. The van der Waals surface area contributed by atoms with Gasteiger partial charge >= 0.3 is 11.7 Å². The molecule has 0 bridgehead atoms. The highest BCUT2D eigenvalue weighted by Crippen LogP contribution is 2.30. The van der Waals surface area contributed by atoms with Crippen LogP contribution >= 0.6 is 0 Å². The van der Waals surface area contributed by atoms with E-state index in [2.05, 4.69) is 28.3 Å². The summed E-state index contributed by atoms with van der Waals surface area (Å²) in [6.45, 7) is 7.85. The number of nitrogens with zero attached hydrogens (tertiary/aromatic N) is 4. The SMILES string of the molecule is Cc1c([C@@H]2CN(Cc3cnn(-c4cc(C)c5oc(=O)n(C)c5c4)c3)CCN2)ccc2c1COC2=O. The van der Waals surface area contributed by atoms with Gasteiger partial charge in [-0.1, -0.05) is 6.07 Å². The number of aryl methyl sites for hydroxylation is 2. The minimum Gasteiger partial charge on any atom is -0.457 e. The van der Waals surface area contributed by atoms with E-state index in [-0.39, 0.29) is 17.8 Å². The Morgan fingerprint density at radius 2 is 2.06 bits per heavy atom. The second-order valence-corrected chi connectivity index (χ2v) is 9.45. The summed E-state index contributed by atoms with van der Waals surface area (Å²) in [6.07, 6.45) is 3.94. The van der Waals surface area contributed by atoms with Gasteiger partial charge in [-0.2, -0.15) is 5.10 Å². The zero-order chi connectivity index (χ0) is 24.3. The Hall–Kier alpha value is -3.69. The van der Waals surface area contributed by atoms with E-state index >= 15 is 0 Å². The summed E-state index contributed by atoms with van der Waals surface area (Å²) in [5.41, 5.74) is 8.33. The molecule has 0 saturated carbocycles. The number of ether oxygens (including phenoxy) is 1. The van der Waals surface area contributed by atoms with Crippen molar-refractivity contribution in [2.45, 2.75) is 33.0 Å². The van der Waals surface area contributed by atoms with Crippen molar-refractivity contribution in [2.24, 2.45) is 7.05 Å². The van der Waals surface area contributed by atoms with Gasteiger partial charge < -0.3 is 14.5 Å². The lowest BCUT2D eigenvalue weighted by molar-refractivity contribution is 0.0535. The smallest absolute Gasteiger partial charge is 0.419 e. The molecule has 4 aromatic rings. The first-order valence-electron chi connectivity index (χ1n) is 11.8. The highest BCUT2D eigenvalue weighted by molar-refractivity contribution is 5.94. The number of carbonyl (C=O) groups excluding carboxylic acids is 1. The third kappa shape index (κ3) is 3.67. The molecule has 1 saturated heterocycles. The molecular weight excluding hydrogens is 446 g/mol. The van der Waals surface area contributed by atoms with Crippen LogP contribution in [0.15, 0.2) is 45.9 Å². The Morgan fingerprint density at radius 3 is 2.91 bits per heavy atom. The lowest BCUT2D eigenvalue weighted by Gasteiger charge is -2.34. The molecule has 4 heterocycles. The Bertz CT molecular complexity index is 1530. The predicted octanol–water partition coefficient (Wildman–Crippen LogP) is 2.75. The van der Waals surface area contributed by atoms with Gasteiger partial charge in [0.1, 0.15) is 6.61 Å². The van der Waals surface area contributed by atoms with Gasteiger partial charge in [-0.05, 0) is 48.7 Å². The first kappa shape index (κ1) is 21.8. The molecule has 0 unspecified atom stereocenters. The highest BCUT2D eigenvalue weighted by atomic mass is 16.5. The van der Waals surface area contributed by atoms with E-state index in [1.54, 1.807) is 7.05 Å². The van der Waals surface area contributed by atoms with Gasteiger partial charge in [-0.3, -0.25) is 9.47 Å². The van der Waals surface area contributed by atoms with Gasteiger partial charge in [0.05, 0.1) is 23.0 Å². The molecule has 6 rings (SSSR count). The summed E-state index contributed by atoms with van der Waals surface area (Å²) in [4.78, 5) is 26.2. The van der Waals surface area contributed by atoms with Crippen LogP contribution in [-0.4, -0.2) is 44.9 Å². The van der Waals surface area contributed by atoms with Crippen LogP contribution in [0.25, 0.3) is 16.8 Å². The molecule has 0 radical (unpaired) electrons. The van der Waals surface area contributed by atoms with E-state index in [1.165, 1.54) is 10.1 Å². The largest absolute Gasteiger partial charge is 0.457 e. The molecule has 2 aliphatic heterocycles. The molecule has 180 valence electrons. The van der Waals surface area contributed by atoms with Crippen LogP contribution in [0.2, 0.25) is 0 Å². The van der Waals surface area contributed by atoms with Crippen LogP contribution in [0.5, 0.6) is 0 Å². The summed E-state index contributed by atoms with van der Waals surface area (Å²) in [5.74, 6) is -0.596. The normalized spacial score (nSPS) is 18.3. The van der Waals surface area contributed by atoms with Crippen molar-refractivity contribution in [2.75, 3.05) is 19.6 Å². The maximum atomic E-state index is 11.9. The number of fused-ring (bicyclic) bond motifs is 2. The summed E-state index contributed by atoms with van der Waals surface area (Å²) in [7, 11) is 1.71. The lowest BCUT2D eigenvalue weighted by atomic mass is 9.93. The van der Waals surface area contributed by atoms with Gasteiger partial charge in [0.2, 0.25) is 0 Å². The van der Waals surface area contributed by atoms with Crippen LogP contribution in [0.4, 0.5) is 0 Å². The Morgan fingerprint density at radius 1 is 1.20 bits per heavy atom. The van der Waals surface area contributed by atoms with Gasteiger partial charge in [0.15, 0.2) is 5.58 Å². The number of hydrogen-bond acceptors (Lipinski definition) is 7. The average Bonchev–Trinajstić information content (AvgIpc) is 3.54. The first-order chi connectivity index (χ1) is 16.9. The third-order valence-corrected chi connectivity index (χ3v) is 7.21. The summed E-state index contributed by atoms with van der Waals surface area (Å²) in [5, 5.41) is 8.22. The van der Waals surface area contributed by atoms with Gasteiger partial charge in [-0.15, -0.1) is 0 Å². The highest BCUT2D eigenvalue weighted by Gasteiger charge is 2.28. The van der Waals surface area contributed by atoms with E-state index in [0.717, 1.165) is 59.6 Å². The topological polar surface area (TPSA) is 94.5 Å². The number of oxazole rings is 1. The van der Waals surface area contributed by atoms with Crippen molar-refractivity contribution in [1.82, 2.24) is 24.6 Å². The first-order valence-corrected chi connectivity index (χ1v) is 11.8. The zero-order valence-electron chi connectivity index (χ0n) is 20.0. The van der Waals surface area contributed by atoms with Crippen LogP contribution in [-0.2, 0) is 24.9 Å². The van der Waals surface area contributed by atoms with E-state index in [4.69, 9.17) is 9.15 Å². The van der Waals surface area contributed by atoms with Crippen molar-refractivity contribution in [1.29, 1.82) is 0 Å². The Kier molecular flexibility index (Phi) is 5.12. The quantitative estimate of drug-likeness (QED) is 0.456. The number of cyclic esters (lactones) is 1. The number of benzene rings is 2. The van der Waals surface area contributed by atoms with Crippen molar-refractivity contribution in [3.63, 3.8) is 0 Å². The third-order valence-electron chi connectivity index (χ3n) is 7.21. The second-order valence-electron chi connectivity index (χ2n) is 9.45. The zero-order valence-corrected chi connectivity index (χ0v) is 20.0. The van der Waals surface area contributed by atoms with Gasteiger partial charge in [0.25, 0.3) is 0 Å². The Labute approximate surface area is 201 Å². The summed E-state index contributed by atoms with van der Waals surface area (Å²) >= 11 is 0. The predicted molar refractivity (Wildman–Crippen MR) is 130 cm³/mol. The average molecular weight is 474 g/mol. The maximum Gasteiger partial charge on any atom is 0.419 e. The number of carbonyl (C=O) groups is 1. The number of aromatic nitrogens is 3. The number of esters is 1. The van der Waals surface area contributed by atoms with E-state index in [0.29, 0.717) is 17.8 Å². The molecule has 0 amide bonds. The summed E-state index contributed by atoms with van der Waals surface area (Å²) < 4.78 is 13.9. The van der Waals surface area contributed by atoms with Crippen molar-refractivity contribution >= 4 is 17.1 Å². The fourth-order valence-electron chi connectivity index (χ4n) is 5.25. The standard InChI is InChI=1S/C26H27N5O4/c1-15-8-18(9-23-24(15)35-26(33)29(23)3)31-12-17(10-28-31)11-30-7-6-27-22(13-30)19-4-5-20-21(16(19)2)14-34-25(20)32/h4-5,8-10,12,22,27H,6-7,11,13-14H2,1-3H3/t22-/m0/s1. The van der Waals surface area contributed by atoms with Crippen LogP contribution in [0, 0.1) is 13.8 Å². The molecular formula is C26H27N5O4. The van der Waals surface area contributed by atoms with E-state index < -0.39 is 0 Å². The monoisotopic (exact) mass is 473 g/mol. The molecule has 1 N–H and O–H groups in total. The number of nitrogens with one attached hydrogen (secondary N) is 1. The lowest BCUT2D eigenvalue weighted by Crippen LogP contribution is -2.45. The van der Waals surface area contributed by atoms with Crippen molar-refractivity contribution < 1.29 is 13.9 Å². The second kappa shape index (κ2) is 8.21.